The molecule has 2 aromatic rings. The number of carbonyl (C=O) groups is 1. The molecule has 1 amide bonds. The molecule has 0 saturated carbocycles. The molecule has 150 valence electrons. The van der Waals surface area contributed by atoms with Crippen LogP contribution in [0.1, 0.15) is 5.69 Å². The second kappa shape index (κ2) is 8.89. The maximum atomic E-state index is 13.8. The Hall–Kier alpha value is -2.85. The summed E-state index contributed by atoms with van der Waals surface area (Å²) in [4.78, 5) is 31.2. The largest absolute Gasteiger partial charge is 0.378 e. The SMILES string of the molecule is COCc1cc(=O)n(CC(=O)Nc2cc(F)ccc2F)c(N2CCOCC2)n1. The molecule has 10 heteroatoms. The monoisotopic (exact) mass is 394 g/mol. The molecule has 1 aromatic carbocycles. The van der Waals surface area contributed by atoms with E-state index in [0.717, 1.165) is 18.2 Å². The summed E-state index contributed by atoms with van der Waals surface area (Å²) in [5, 5.41) is 2.29. The van der Waals surface area contributed by atoms with Crippen LogP contribution in [0.2, 0.25) is 0 Å². The average molecular weight is 394 g/mol. The highest BCUT2D eigenvalue weighted by Gasteiger charge is 2.20. The lowest BCUT2D eigenvalue weighted by Gasteiger charge is -2.29. The van der Waals surface area contributed by atoms with Crippen LogP contribution in [0, 0.1) is 11.6 Å². The Morgan fingerprint density at radius 2 is 2.04 bits per heavy atom. The highest BCUT2D eigenvalue weighted by Crippen LogP contribution is 2.16. The molecule has 1 aliphatic heterocycles. The molecule has 1 aliphatic rings. The Labute approximate surface area is 159 Å². The van der Waals surface area contributed by atoms with E-state index in [9.17, 15) is 18.4 Å². The zero-order valence-corrected chi connectivity index (χ0v) is 15.3. The van der Waals surface area contributed by atoms with Crippen molar-refractivity contribution in [1.29, 1.82) is 0 Å². The van der Waals surface area contributed by atoms with E-state index in [0.29, 0.717) is 37.9 Å². The normalized spacial score (nSPS) is 14.2. The maximum absolute atomic E-state index is 13.8. The number of hydrogen-bond donors (Lipinski definition) is 1. The molecule has 0 radical (unpaired) electrons. The van der Waals surface area contributed by atoms with E-state index in [1.54, 1.807) is 0 Å². The number of nitrogens with one attached hydrogen (secondary N) is 1. The minimum atomic E-state index is -0.774. The fraction of sp³-hybridized carbons (Fsp3) is 0.389. The first-order chi connectivity index (χ1) is 13.5. The third-order valence-corrected chi connectivity index (χ3v) is 4.13. The number of nitrogens with zero attached hydrogens (tertiary/aromatic N) is 3. The molecule has 8 nitrogen and oxygen atoms in total. The number of benzene rings is 1. The smallest absolute Gasteiger partial charge is 0.255 e. The fourth-order valence-electron chi connectivity index (χ4n) is 2.84. The number of morpholine rings is 1. The van der Waals surface area contributed by atoms with Gasteiger partial charge in [-0.2, -0.15) is 0 Å². The first kappa shape index (κ1) is 19.9. The topological polar surface area (TPSA) is 85.7 Å². The number of rotatable bonds is 6. The number of hydrogen-bond acceptors (Lipinski definition) is 6. The lowest BCUT2D eigenvalue weighted by Crippen LogP contribution is -2.42. The van der Waals surface area contributed by atoms with Gasteiger partial charge in [0.15, 0.2) is 0 Å². The van der Waals surface area contributed by atoms with Crippen molar-refractivity contribution >= 4 is 17.5 Å². The zero-order valence-electron chi connectivity index (χ0n) is 15.3. The Balaban J connectivity index is 1.88. The first-order valence-electron chi connectivity index (χ1n) is 8.65. The van der Waals surface area contributed by atoms with Gasteiger partial charge in [-0.1, -0.05) is 0 Å². The molecule has 1 N–H and O–H groups in total. The maximum Gasteiger partial charge on any atom is 0.255 e. The van der Waals surface area contributed by atoms with Gasteiger partial charge in [0.25, 0.3) is 5.56 Å². The molecule has 0 aliphatic carbocycles. The summed E-state index contributed by atoms with van der Waals surface area (Å²) < 4.78 is 38.6. The molecule has 0 bridgehead atoms. The van der Waals surface area contributed by atoms with Crippen molar-refractivity contribution in [3.8, 4) is 0 Å². The molecule has 0 unspecified atom stereocenters. The number of methoxy groups -OCH3 is 1. The van der Waals surface area contributed by atoms with Crippen LogP contribution in [0.5, 0.6) is 0 Å². The summed E-state index contributed by atoms with van der Waals surface area (Å²) in [5.41, 5.74) is -0.310. The van der Waals surface area contributed by atoms with Gasteiger partial charge >= 0.3 is 0 Å². The molecular weight excluding hydrogens is 374 g/mol. The van der Waals surface area contributed by atoms with Gasteiger partial charge in [0.2, 0.25) is 11.9 Å². The molecule has 2 heterocycles. The first-order valence-corrected chi connectivity index (χ1v) is 8.65. The molecule has 3 rings (SSSR count). The van der Waals surface area contributed by atoms with E-state index in [4.69, 9.17) is 9.47 Å². The van der Waals surface area contributed by atoms with Gasteiger partial charge in [0, 0.05) is 32.3 Å². The van der Waals surface area contributed by atoms with Crippen LogP contribution < -0.4 is 15.8 Å². The third kappa shape index (κ3) is 4.70. The number of aromatic nitrogens is 2. The highest BCUT2D eigenvalue weighted by molar-refractivity contribution is 5.90. The van der Waals surface area contributed by atoms with Crippen molar-refractivity contribution in [2.75, 3.05) is 43.6 Å². The van der Waals surface area contributed by atoms with Crippen molar-refractivity contribution < 1.29 is 23.0 Å². The Morgan fingerprint density at radius 3 is 2.75 bits per heavy atom. The van der Waals surface area contributed by atoms with Gasteiger partial charge < -0.3 is 19.7 Å². The second-order valence-electron chi connectivity index (χ2n) is 6.18. The van der Waals surface area contributed by atoms with Gasteiger partial charge in [0.1, 0.15) is 18.2 Å². The second-order valence-corrected chi connectivity index (χ2v) is 6.18. The van der Waals surface area contributed by atoms with Crippen molar-refractivity contribution in [1.82, 2.24) is 9.55 Å². The van der Waals surface area contributed by atoms with E-state index in [1.807, 2.05) is 4.90 Å². The molecule has 0 atom stereocenters. The summed E-state index contributed by atoms with van der Waals surface area (Å²) in [6.45, 7) is 1.68. The number of anilines is 2. The Morgan fingerprint density at radius 1 is 1.29 bits per heavy atom. The Kier molecular flexibility index (Phi) is 6.32. The van der Waals surface area contributed by atoms with Crippen LogP contribution in [0.3, 0.4) is 0 Å². The number of halogens is 2. The lowest BCUT2D eigenvalue weighted by atomic mass is 10.3. The van der Waals surface area contributed by atoms with Crippen LogP contribution in [0.4, 0.5) is 20.4 Å². The van der Waals surface area contributed by atoms with Gasteiger partial charge in [0.05, 0.1) is 31.2 Å². The zero-order chi connectivity index (χ0) is 20.1. The highest BCUT2D eigenvalue weighted by atomic mass is 19.1. The van der Waals surface area contributed by atoms with Crippen LogP contribution >= 0.6 is 0 Å². The summed E-state index contributed by atoms with van der Waals surface area (Å²) in [6, 6.07) is 4.02. The van der Waals surface area contributed by atoms with Gasteiger partial charge in [-0.15, -0.1) is 0 Å². The van der Waals surface area contributed by atoms with E-state index in [-0.39, 0.29) is 12.3 Å². The average Bonchev–Trinajstić information content (AvgIpc) is 2.67. The van der Waals surface area contributed by atoms with Gasteiger partial charge in [-0.3, -0.25) is 14.2 Å². The van der Waals surface area contributed by atoms with E-state index in [2.05, 4.69) is 10.3 Å². The molecule has 1 aromatic heterocycles. The van der Waals surface area contributed by atoms with Crippen molar-refractivity contribution in [2.24, 2.45) is 0 Å². The quantitative estimate of drug-likeness (QED) is 0.791. The number of ether oxygens (including phenoxy) is 2. The predicted molar refractivity (Wildman–Crippen MR) is 97.2 cm³/mol. The third-order valence-electron chi connectivity index (χ3n) is 4.13. The van der Waals surface area contributed by atoms with Crippen LogP contribution in [0.25, 0.3) is 0 Å². The minimum Gasteiger partial charge on any atom is -0.378 e. The molecular formula is C18H20F2N4O4. The number of amides is 1. The molecule has 0 spiro atoms. The standard InChI is InChI=1S/C18H20F2N4O4/c1-27-11-13-9-17(26)24(18(21-13)23-4-6-28-7-5-23)10-16(25)22-15-8-12(19)2-3-14(15)20/h2-3,8-9H,4-7,10-11H2,1H3,(H,22,25). The minimum absolute atomic E-state index is 0.147. The molecule has 1 fully saturated rings. The van der Waals surface area contributed by atoms with E-state index in [1.165, 1.54) is 17.7 Å². The molecule has 28 heavy (non-hydrogen) atoms. The molecule has 1 saturated heterocycles. The van der Waals surface area contributed by atoms with Crippen molar-refractivity contribution in [2.45, 2.75) is 13.2 Å². The number of carbonyl (C=O) groups excluding carboxylic acids is 1. The lowest BCUT2D eigenvalue weighted by molar-refractivity contribution is -0.116. The predicted octanol–water partition coefficient (Wildman–Crippen LogP) is 1.14. The van der Waals surface area contributed by atoms with Gasteiger partial charge in [-0.25, -0.2) is 13.8 Å². The fourth-order valence-corrected chi connectivity index (χ4v) is 2.84. The van der Waals surface area contributed by atoms with Crippen molar-refractivity contribution in [3.63, 3.8) is 0 Å². The van der Waals surface area contributed by atoms with Crippen LogP contribution in [0.15, 0.2) is 29.1 Å². The van der Waals surface area contributed by atoms with Crippen molar-refractivity contribution in [3.05, 3.63) is 51.9 Å². The summed E-state index contributed by atoms with van der Waals surface area (Å²) in [7, 11) is 1.49. The van der Waals surface area contributed by atoms with Crippen LogP contribution in [-0.2, 0) is 27.4 Å². The summed E-state index contributed by atoms with van der Waals surface area (Å²) >= 11 is 0. The van der Waals surface area contributed by atoms with Crippen LogP contribution in [-0.4, -0.2) is 48.9 Å². The van der Waals surface area contributed by atoms with Gasteiger partial charge in [-0.05, 0) is 12.1 Å². The summed E-state index contributed by atoms with van der Waals surface area (Å²) in [6.07, 6.45) is 0. The Bertz CT molecular complexity index is 913. The summed E-state index contributed by atoms with van der Waals surface area (Å²) in [5.74, 6) is -1.84. The van der Waals surface area contributed by atoms with E-state index >= 15 is 0 Å². The van der Waals surface area contributed by atoms with E-state index < -0.39 is 29.6 Å².